The Kier molecular flexibility index (Phi) is 5.00. The highest BCUT2D eigenvalue weighted by Gasteiger charge is 2.33. The summed E-state index contributed by atoms with van der Waals surface area (Å²) in [4.78, 5) is 24.8. The third-order valence-electron chi connectivity index (χ3n) is 3.38. The van der Waals surface area contributed by atoms with Crippen molar-refractivity contribution in [2.24, 2.45) is 0 Å². The van der Waals surface area contributed by atoms with Crippen molar-refractivity contribution in [3.8, 4) is 0 Å². The van der Waals surface area contributed by atoms with E-state index in [0.717, 1.165) is 12.8 Å². The molecule has 120 valence electrons. The first kappa shape index (κ1) is 16.7. The van der Waals surface area contributed by atoms with Crippen LogP contribution in [0.2, 0.25) is 0 Å². The molecule has 1 aliphatic heterocycles. The van der Waals surface area contributed by atoms with Gasteiger partial charge in [0.2, 0.25) is 0 Å². The van der Waals surface area contributed by atoms with Crippen LogP contribution in [0.25, 0.3) is 0 Å². The highest BCUT2D eigenvalue weighted by Crippen LogP contribution is 2.36. The molecule has 1 aromatic carbocycles. The number of hydrogen-bond acceptors (Lipinski definition) is 3. The van der Waals surface area contributed by atoms with Crippen molar-refractivity contribution in [3.63, 3.8) is 0 Å². The maximum Gasteiger partial charge on any atom is 0.446 e. The molecule has 1 unspecified atom stereocenters. The third kappa shape index (κ3) is 4.16. The van der Waals surface area contributed by atoms with E-state index >= 15 is 0 Å². The molecular weight excluding hydrogens is 319 g/mol. The van der Waals surface area contributed by atoms with Gasteiger partial charge in [-0.25, -0.2) is 4.79 Å². The molecule has 0 aromatic heterocycles. The van der Waals surface area contributed by atoms with Crippen LogP contribution >= 0.6 is 11.8 Å². The van der Waals surface area contributed by atoms with Crippen molar-refractivity contribution < 1.29 is 27.9 Å². The first-order valence-corrected chi connectivity index (χ1v) is 7.49. The van der Waals surface area contributed by atoms with Crippen LogP contribution < -0.4 is 0 Å². The molecule has 1 N–H and O–H groups in total. The normalized spacial score (nSPS) is 19.0. The summed E-state index contributed by atoms with van der Waals surface area (Å²) in [7, 11) is 0. The maximum atomic E-state index is 12.3. The average Bonchev–Trinajstić information content (AvgIpc) is 2.45. The Balaban J connectivity index is 2.13. The van der Waals surface area contributed by atoms with Gasteiger partial charge in [-0.2, -0.15) is 13.2 Å². The minimum absolute atomic E-state index is 0.0162. The van der Waals surface area contributed by atoms with Crippen LogP contribution in [0.15, 0.2) is 29.2 Å². The Morgan fingerprint density at radius 2 is 1.82 bits per heavy atom. The summed E-state index contributed by atoms with van der Waals surface area (Å²) >= 11 is -0.257. The Hall–Kier alpha value is -1.70. The van der Waals surface area contributed by atoms with Gasteiger partial charge in [0.05, 0.1) is 0 Å². The molecule has 1 saturated heterocycles. The molecule has 0 spiro atoms. The number of carboxylic acid groups (broad SMARTS) is 1. The third-order valence-corrected chi connectivity index (χ3v) is 4.12. The number of benzene rings is 1. The number of nitrogens with zero attached hydrogens (tertiary/aromatic N) is 1. The lowest BCUT2D eigenvalue weighted by molar-refractivity contribution is -0.143. The minimum Gasteiger partial charge on any atom is -0.480 e. The number of thioether (sulfide) groups is 1. The Labute approximate surface area is 129 Å². The summed E-state index contributed by atoms with van der Waals surface area (Å²) in [5.74, 6) is -1.52. The van der Waals surface area contributed by atoms with E-state index in [4.69, 9.17) is 5.11 Å². The number of likely N-dealkylation sites (tertiary alicyclic amines) is 1. The van der Waals surface area contributed by atoms with E-state index in [1.165, 1.54) is 29.2 Å². The van der Waals surface area contributed by atoms with E-state index < -0.39 is 23.4 Å². The highest BCUT2D eigenvalue weighted by atomic mass is 32.2. The molecule has 0 aliphatic carbocycles. The van der Waals surface area contributed by atoms with Gasteiger partial charge in [0.25, 0.3) is 5.91 Å². The highest BCUT2D eigenvalue weighted by molar-refractivity contribution is 8.00. The molecule has 1 aromatic rings. The van der Waals surface area contributed by atoms with E-state index in [0.29, 0.717) is 13.0 Å². The lowest BCUT2D eigenvalue weighted by atomic mass is 10.0. The number of halogens is 3. The Morgan fingerprint density at radius 3 is 2.36 bits per heavy atom. The average molecular weight is 333 g/mol. The molecular formula is C14H14F3NO3S. The number of rotatable bonds is 3. The van der Waals surface area contributed by atoms with Crippen molar-refractivity contribution >= 4 is 23.6 Å². The quantitative estimate of drug-likeness (QED) is 0.862. The van der Waals surface area contributed by atoms with Crippen molar-refractivity contribution in [1.82, 2.24) is 4.90 Å². The molecule has 2 rings (SSSR count). The van der Waals surface area contributed by atoms with Crippen molar-refractivity contribution in [1.29, 1.82) is 0 Å². The second-order valence-electron chi connectivity index (χ2n) is 4.92. The molecule has 8 heteroatoms. The number of carbonyl (C=O) groups is 2. The van der Waals surface area contributed by atoms with Gasteiger partial charge in [0, 0.05) is 17.0 Å². The first-order chi connectivity index (χ1) is 10.3. The van der Waals surface area contributed by atoms with Crippen LogP contribution in [0.1, 0.15) is 29.6 Å². The molecule has 22 heavy (non-hydrogen) atoms. The van der Waals surface area contributed by atoms with Gasteiger partial charge in [0.15, 0.2) is 0 Å². The van der Waals surface area contributed by atoms with Crippen LogP contribution in [0, 0.1) is 0 Å². The number of carbonyl (C=O) groups excluding carboxylic acids is 1. The van der Waals surface area contributed by atoms with Crippen molar-refractivity contribution in [2.75, 3.05) is 6.54 Å². The van der Waals surface area contributed by atoms with Gasteiger partial charge in [-0.3, -0.25) is 4.79 Å². The summed E-state index contributed by atoms with van der Waals surface area (Å²) in [6.45, 7) is 0.342. The van der Waals surface area contributed by atoms with Gasteiger partial charge >= 0.3 is 11.5 Å². The van der Waals surface area contributed by atoms with Crippen LogP contribution in [-0.2, 0) is 4.79 Å². The Morgan fingerprint density at radius 1 is 1.18 bits per heavy atom. The topological polar surface area (TPSA) is 57.6 Å². The molecule has 0 bridgehead atoms. The maximum absolute atomic E-state index is 12.3. The summed E-state index contributed by atoms with van der Waals surface area (Å²) in [6.07, 6.45) is 1.85. The smallest absolute Gasteiger partial charge is 0.446 e. The zero-order valence-corrected chi connectivity index (χ0v) is 12.3. The van der Waals surface area contributed by atoms with Crippen molar-refractivity contribution in [3.05, 3.63) is 29.8 Å². The number of aliphatic carboxylic acids is 1. The Bertz CT molecular complexity index is 559. The van der Waals surface area contributed by atoms with Gasteiger partial charge in [-0.1, -0.05) is 0 Å². The fourth-order valence-electron chi connectivity index (χ4n) is 2.40. The van der Waals surface area contributed by atoms with E-state index in [-0.39, 0.29) is 22.2 Å². The van der Waals surface area contributed by atoms with E-state index in [9.17, 15) is 22.8 Å². The molecule has 0 saturated carbocycles. The number of alkyl halides is 3. The zero-order valence-electron chi connectivity index (χ0n) is 11.5. The predicted octanol–water partition coefficient (Wildman–Crippen LogP) is 3.38. The van der Waals surface area contributed by atoms with E-state index in [1.807, 2.05) is 0 Å². The summed E-state index contributed by atoms with van der Waals surface area (Å²) in [5.41, 5.74) is -4.19. The molecule has 1 aliphatic rings. The van der Waals surface area contributed by atoms with Gasteiger partial charge in [-0.15, -0.1) is 0 Å². The SMILES string of the molecule is O=C(O)C1CCCCN1C(=O)c1ccc(SC(F)(F)F)cc1. The molecule has 1 heterocycles. The van der Waals surface area contributed by atoms with Gasteiger partial charge in [-0.05, 0) is 55.3 Å². The van der Waals surface area contributed by atoms with Crippen LogP contribution in [-0.4, -0.2) is 40.0 Å². The second-order valence-corrected chi connectivity index (χ2v) is 6.06. The fraction of sp³-hybridized carbons (Fsp3) is 0.429. The largest absolute Gasteiger partial charge is 0.480 e. The number of carboxylic acids is 1. The molecule has 4 nitrogen and oxygen atoms in total. The lowest BCUT2D eigenvalue weighted by Crippen LogP contribution is -2.47. The number of amides is 1. The summed E-state index contributed by atoms with van der Waals surface area (Å²) < 4.78 is 36.8. The summed E-state index contributed by atoms with van der Waals surface area (Å²) in [5, 5.41) is 9.15. The number of hydrogen-bond donors (Lipinski definition) is 1. The monoisotopic (exact) mass is 333 g/mol. The minimum atomic E-state index is -4.38. The lowest BCUT2D eigenvalue weighted by Gasteiger charge is -2.33. The predicted molar refractivity (Wildman–Crippen MR) is 74.7 cm³/mol. The van der Waals surface area contributed by atoms with Gasteiger partial charge in [0.1, 0.15) is 6.04 Å². The van der Waals surface area contributed by atoms with E-state index in [1.54, 1.807) is 0 Å². The van der Waals surface area contributed by atoms with E-state index in [2.05, 4.69) is 0 Å². The van der Waals surface area contributed by atoms with Crippen LogP contribution in [0.3, 0.4) is 0 Å². The standard InChI is InChI=1S/C14H14F3NO3S/c15-14(16,17)22-10-6-4-9(5-7-10)12(19)18-8-2-1-3-11(18)13(20)21/h4-7,11H,1-3,8H2,(H,20,21). The van der Waals surface area contributed by atoms with Gasteiger partial charge < -0.3 is 10.0 Å². The fourth-order valence-corrected chi connectivity index (χ4v) is 2.94. The van der Waals surface area contributed by atoms with Crippen molar-refractivity contribution in [2.45, 2.75) is 35.7 Å². The number of piperidine rings is 1. The second kappa shape index (κ2) is 6.60. The molecule has 1 fully saturated rings. The molecule has 0 radical (unpaired) electrons. The first-order valence-electron chi connectivity index (χ1n) is 6.67. The molecule has 1 atom stereocenters. The van der Waals surface area contributed by atoms with Crippen LogP contribution in [0.4, 0.5) is 13.2 Å². The summed E-state index contributed by atoms with van der Waals surface area (Å²) in [6, 6.07) is 4.15. The zero-order chi connectivity index (χ0) is 16.3. The molecule has 1 amide bonds. The van der Waals surface area contributed by atoms with Crippen LogP contribution in [0.5, 0.6) is 0 Å².